The van der Waals surface area contributed by atoms with Crippen LogP contribution in [0.5, 0.6) is 0 Å². The SMILES string of the molecule is CC1(C)CCN(Cc2ccc3c(c2)CNC3)C1. The normalized spacial score (nSPS) is 22.9. The van der Waals surface area contributed by atoms with E-state index in [2.05, 4.69) is 42.3 Å². The lowest BCUT2D eigenvalue weighted by atomic mass is 9.93. The lowest BCUT2D eigenvalue weighted by molar-refractivity contribution is 0.284. The highest BCUT2D eigenvalue weighted by Crippen LogP contribution is 2.30. The van der Waals surface area contributed by atoms with Gasteiger partial charge in [0.2, 0.25) is 0 Å². The predicted octanol–water partition coefficient (Wildman–Crippen LogP) is 2.52. The minimum Gasteiger partial charge on any atom is -0.309 e. The third-order valence-electron chi connectivity index (χ3n) is 4.06. The molecule has 2 heterocycles. The van der Waals surface area contributed by atoms with Crippen LogP contribution in [0.4, 0.5) is 0 Å². The summed E-state index contributed by atoms with van der Waals surface area (Å²) in [5.74, 6) is 0. The molecule has 0 amide bonds. The van der Waals surface area contributed by atoms with Crippen LogP contribution in [-0.4, -0.2) is 18.0 Å². The molecule has 3 rings (SSSR count). The fraction of sp³-hybridized carbons (Fsp3) is 0.600. The van der Waals surface area contributed by atoms with E-state index in [0.29, 0.717) is 5.41 Å². The van der Waals surface area contributed by atoms with E-state index in [1.54, 1.807) is 0 Å². The zero-order valence-corrected chi connectivity index (χ0v) is 10.9. The Morgan fingerprint density at radius 2 is 2.06 bits per heavy atom. The maximum atomic E-state index is 3.41. The van der Waals surface area contributed by atoms with Crippen molar-refractivity contribution in [3.8, 4) is 0 Å². The maximum Gasteiger partial charge on any atom is 0.0234 e. The minimum absolute atomic E-state index is 0.512. The smallest absolute Gasteiger partial charge is 0.0234 e. The van der Waals surface area contributed by atoms with Crippen molar-refractivity contribution < 1.29 is 0 Å². The first-order chi connectivity index (χ1) is 8.12. The van der Waals surface area contributed by atoms with Crippen molar-refractivity contribution in [3.63, 3.8) is 0 Å². The van der Waals surface area contributed by atoms with Gasteiger partial charge >= 0.3 is 0 Å². The Labute approximate surface area is 104 Å². The van der Waals surface area contributed by atoms with Gasteiger partial charge in [0.05, 0.1) is 0 Å². The molecule has 2 heteroatoms. The van der Waals surface area contributed by atoms with Crippen LogP contribution in [0.2, 0.25) is 0 Å². The van der Waals surface area contributed by atoms with Gasteiger partial charge in [-0.2, -0.15) is 0 Å². The van der Waals surface area contributed by atoms with Gasteiger partial charge < -0.3 is 5.32 Å². The summed E-state index contributed by atoms with van der Waals surface area (Å²) in [4.78, 5) is 2.59. The molecule has 17 heavy (non-hydrogen) atoms. The summed E-state index contributed by atoms with van der Waals surface area (Å²) >= 11 is 0. The molecule has 2 aliphatic rings. The molecule has 1 aromatic rings. The highest BCUT2D eigenvalue weighted by Gasteiger charge is 2.28. The third kappa shape index (κ3) is 2.38. The lowest BCUT2D eigenvalue weighted by Gasteiger charge is -2.20. The molecule has 0 aromatic heterocycles. The number of nitrogens with zero attached hydrogens (tertiary/aromatic N) is 1. The van der Waals surface area contributed by atoms with Gasteiger partial charge in [-0.15, -0.1) is 0 Å². The van der Waals surface area contributed by atoms with Crippen molar-refractivity contribution in [1.29, 1.82) is 0 Å². The van der Waals surface area contributed by atoms with E-state index in [1.807, 2.05) is 0 Å². The summed E-state index contributed by atoms with van der Waals surface area (Å²) in [7, 11) is 0. The molecule has 2 nitrogen and oxygen atoms in total. The Morgan fingerprint density at radius 3 is 2.82 bits per heavy atom. The van der Waals surface area contributed by atoms with Crippen LogP contribution in [0.25, 0.3) is 0 Å². The van der Waals surface area contributed by atoms with Gasteiger partial charge in [-0.25, -0.2) is 0 Å². The number of nitrogens with one attached hydrogen (secondary N) is 1. The fourth-order valence-electron chi connectivity index (χ4n) is 3.06. The average Bonchev–Trinajstić information content (AvgIpc) is 2.84. The molecule has 0 aliphatic carbocycles. The molecule has 2 aliphatic heterocycles. The van der Waals surface area contributed by atoms with Gasteiger partial charge in [-0.1, -0.05) is 32.0 Å². The average molecular weight is 230 g/mol. The molecule has 0 spiro atoms. The summed E-state index contributed by atoms with van der Waals surface area (Å²) in [6.07, 6.45) is 1.33. The first-order valence-electron chi connectivity index (χ1n) is 6.66. The number of hydrogen-bond donors (Lipinski definition) is 1. The number of hydrogen-bond acceptors (Lipinski definition) is 2. The summed E-state index contributed by atoms with van der Waals surface area (Å²) in [6.45, 7) is 10.5. The van der Waals surface area contributed by atoms with Crippen LogP contribution in [0, 0.1) is 5.41 Å². The summed E-state index contributed by atoms with van der Waals surface area (Å²) in [6, 6.07) is 6.99. The van der Waals surface area contributed by atoms with Crippen LogP contribution in [0.15, 0.2) is 18.2 Å². The highest BCUT2D eigenvalue weighted by atomic mass is 15.1. The van der Waals surface area contributed by atoms with E-state index >= 15 is 0 Å². The number of likely N-dealkylation sites (tertiary alicyclic amines) is 1. The predicted molar refractivity (Wildman–Crippen MR) is 70.7 cm³/mol. The Hall–Kier alpha value is -0.860. The van der Waals surface area contributed by atoms with Crippen molar-refractivity contribution in [2.45, 2.75) is 39.9 Å². The lowest BCUT2D eigenvalue weighted by Crippen LogP contribution is -2.22. The third-order valence-corrected chi connectivity index (χ3v) is 4.06. The topological polar surface area (TPSA) is 15.3 Å². The first-order valence-corrected chi connectivity index (χ1v) is 6.66. The Balaban J connectivity index is 1.70. The van der Waals surface area contributed by atoms with Gasteiger partial charge in [0, 0.05) is 26.2 Å². The van der Waals surface area contributed by atoms with Gasteiger partial charge in [-0.05, 0) is 35.1 Å². The van der Waals surface area contributed by atoms with Crippen LogP contribution in [0.1, 0.15) is 37.0 Å². The Kier molecular flexibility index (Phi) is 2.72. The second-order valence-corrected chi connectivity index (χ2v) is 6.33. The molecule has 0 radical (unpaired) electrons. The van der Waals surface area contributed by atoms with Crippen molar-refractivity contribution in [2.75, 3.05) is 13.1 Å². The van der Waals surface area contributed by atoms with Crippen LogP contribution >= 0.6 is 0 Å². The van der Waals surface area contributed by atoms with E-state index < -0.39 is 0 Å². The van der Waals surface area contributed by atoms with Crippen LogP contribution < -0.4 is 5.32 Å². The van der Waals surface area contributed by atoms with Crippen molar-refractivity contribution in [2.24, 2.45) is 5.41 Å². The van der Waals surface area contributed by atoms with Crippen molar-refractivity contribution >= 4 is 0 Å². The van der Waals surface area contributed by atoms with E-state index in [0.717, 1.165) is 19.6 Å². The van der Waals surface area contributed by atoms with Crippen molar-refractivity contribution in [1.82, 2.24) is 10.2 Å². The molecule has 1 saturated heterocycles. The highest BCUT2D eigenvalue weighted by molar-refractivity contribution is 5.34. The molecule has 0 unspecified atom stereocenters. The first kappa shape index (κ1) is 11.2. The number of fused-ring (bicyclic) bond motifs is 1. The van der Waals surface area contributed by atoms with E-state index in [9.17, 15) is 0 Å². The molecule has 1 aromatic carbocycles. The summed E-state index contributed by atoms with van der Waals surface area (Å²) < 4.78 is 0. The maximum absolute atomic E-state index is 3.41. The molecule has 92 valence electrons. The molecular weight excluding hydrogens is 208 g/mol. The molecular formula is C15H22N2. The molecule has 0 bridgehead atoms. The second kappa shape index (κ2) is 4.11. The van der Waals surface area contributed by atoms with Gasteiger partial charge in [-0.3, -0.25) is 4.90 Å². The molecule has 1 N–H and O–H groups in total. The van der Waals surface area contributed by atoms with E-state index in [4.69, 9.17) is 0 Å². The van der Waals surface area contributed by atoms with Crippen LogP contribution in [0.3, 0.4) is 0 Å². The molecule has 0 saturated carbocycles. The van der Waals surface area contributed by atoms with Crippen molar-refractivity contribution in [3.05, 3.63) is 34.9 Å². The number of benzene rings is 1. The Bertz CT molecular complexity index is 423. The largest absolute Gasteiger partial charge is 0.309 e. The molecule has 1 fully saturated rings. The Morgan fingerprint density at radius 1 is 1.24 bits per heavy atom. The standard InChI is InChI=1S/C15H22N2/c1-15(2)5-6-17(11-15)10-12-3-4-13-8-16-9-14(13)7-12/h3-4,7,16H,5-6,8-11H2,1-2H3. The van der Waals surface area contributed by atoms with Gasteiger partial charge in [0.25, 0.3) is 0 Å². The zero-order valence-electron chi connectivity index (χ0n) is 10.9. The second-order valence-electron chi connectivity index (χ2n) is 6.33. The quantitative estimate of drug-likeness (QED) is 0.840. The van der Waals surface area contributed by atoms with E-state index in [1.165, 1.54) is 36.2 Å². The molecule has 0 atom stereocenters. The number of rotatable bonds is 2. The van der Waals surface area contributed by atoms with Crippen LogP contribution in [-0.2, 0) is 19.6 Å². The monoisotopic (exact) mass is 230 g/mol. The minimum atomic E-state index is 0.512. The zero-order chi connectivity index (χ0) is 11.9. The van der Waals surface area contributed by atoms with E-state index in [-0.39, 0.29) is 0 Å². The summed E-state index contributed by atoms with van der Waals surface area (Å²) in [5.41, 5.74) is 4.97. The van der Waals surface area contributed by atoms with Gasteiger partial charge in [0.15, 0.2) is 0 Å². The van der Waals surface area contributed by atoms with Gasteiger partial charge in [0.1, 0.15) is 0 Å². The summed E-state index contributed by atoms with van der Waals surface area (Å²) in [5, 5.41) is 3.41. The fourth-order valence-corrected chi connectivity index (χ4v) is 3.06.